The van der Waals surface area contributed by atoms with Crippen molar-refractivity contribution in [3.63, 3.8) is 0 Å². The lowest BCUT2D eigenvalue weighted by molar-refractivity contribution is -0.131. The van der Waals surface area contributed by atoms with Gasteiger partial charge in [-0.3, -0.25) is 9.59 Å². The molecule has 1 aromatic rings. The molecule has 1 aromatic heterocycles. The minimum Gasteiger partial charge on any atom is -0.472 e. The van der Waals surface area contributed by atoms with Gasteiger partial charge in [0.15, 0.2) is 0 Å². The van der Waals surface area contributed by atoms with Gasteiger partial charge in [-0.05, 0) is 25.3 Å². The Morgan fingerprint density at radius 3 is 2.05 bits per heavy atom. The van der Waals surface area contributed by atoms with E-state index in [0.717, 1.165) is 32.4 Å². The molecule has 5 nitrogen and oxygen atoms in total. The molecule has 0 radical (unpaired) electrons. The zero-order valence-electron chi connectivity index (χ0n) is 14.0. The highest BCUT2D eigenvalue weighted by molar-refractivity contribution is 5.94. The highest BCUT2D eigenvalue weighted by Gasteiger charge is 2.19. The molecule has 1 heterocycles. The van der Waals surface area contributed by atoms with Gasteiger partial charge >= 0.3 is 0 Å². The van der Waals surface area contributed by atoms with Gasteiger partial charge in [-0.15, -0.1) is 0 Å². The normalized spacial score (nSPS) is 10.5. The number of furan rings is 1. The second kappa shape index (κ2) is 10.0. The highest BCUT2D eigenvalue weighted by atomic mass is 16.3. The molecule has 0 bridgehead atoms. The van der Waals surface area contributed by atoms with E-state index >= 15 is 0 Å². The summed E-state index contributed by atoms with van der Waals surface area (Å²) >= 11 is 0. The van der Waals surface area contributed by atoms with Gasteiger partial charge in [0.25, 0.3) is 5.91 Å². The lowest BCUT2D eigenvalue weighted by Gasteiger charge is -2.25. The van der Waals surface area contributed by atoms with E-state index in [2.05, 4.69) is 13.8 Å². The molecule has 0 fully saturated rings. The molecule has 22 heavy (non-hydrogen) atoms. The molecule has 5 heteroatoms. The third-order valence-electron chi connectivity index (χ3n) is 3.48. The van der Waals surface area contributed by atoms with E-state index < -0.39 is 0 Å². The summed E-state index contributed by atoms with van der Waals surface area (Å²) in [7, 11) is 0. The van der Waals surface area contributed by atoms with Crippen LogP contribution in [0.15, 0.2) is 23.0 Å². The topological polar surface area (TPSA) is 53.8 Å². The second-order valence-electron chi connectivity index (χ2n) is 5.44. The number of nitrogens with zero attached hydrogens (tertiary/aromatic N) is 2. The fourth-order valence-corrected chi connectivity index (χ4v) is 2.44. The number of amides is 2. The molecule has 0 aliphatic rings. The van der Waals surface area contributed by atoms with Crippen molar-refractivity contribution in [2.75, 3.05) is 26.2 Å². The summed E-state index contributed by atoms with van der Waals surface area (Å²) in [5.41, 5.74) is 0.542. The van der Waals surface area contributed by atoms with Gasteiger partial charge in [-0.2, -0.15) is 0 Å². The van der Waals surface area contributed by atoms with E-state index in [4.69, 9.17) is 4.42 Å². The van der Waals surface area contributed by atoms with Crippen LogP contribution in [0, 0.1) is 0 Å². The first-order valence-corrected chi connectivity index (χ1v) is 8.23. The van der Waals surface area contributed by atoms with Crippen LogP contribution in [-0.2, 0) is 4.79 Å². The Kier molecular flexibility index (Phi) is 8.33. The maximum atomic E-state index is 12.4. The molecule has 0 aromatic carbocycles. The Hall–Kier alpha value is -1.78. The first kappa shape index (κ1) is 18.3. The lowest BCUT2D eigenvalue weighted by Crippen LogP contribution is -2.38. The van der Waals surface area contributed by atoms with Crippen LogP contribution >= 0.6 is 0 Å². The molecule has 0 aliphatic heterocycles. The van der Waals surface area contributed by atoms with Crippen LogP contribution in [0.5, 0.6) is 0 Å². The molecule has 0 saturated heterocycles. The van der Waals surface area contributed by atoms with Crippen molar-refractivity contribution in [3.8, 4) is 0 Å². The molecule has 0 spiro atoms. The SMILES string of the molecule is CCCN(CCC)C(=O)CCN(CCC)C(=O)c1ccoc1. The van der Waals surface area contributed by atoms with Crippen LogP contribution in [0.2, 0.25) is 0 Å². The van der Waals surface area contributed by atoms with Crippen LogP contribution in [0.25, 0.3) is 0 Å². The standard InChI is InChI=1S/C17H28N2O3/c1-4-9-18(10-5-2)16(20)7-12-19(11-6-3)17(21)15-8-13-22-14-15/h8,13-14H,4-7,9-12H2,1-3H3. The summed E-state index contributed by atoms with van der Waals surface area (Å²) in [6.45, 7) is 8.85. The van der Waals surface area contributed by atoms with Crippen molar-refractivity contribution < 1.29 is 14.0 Å². The molecule has 0 aliphatic carbocycles. The van der Waals surface area contributed by atoms with Gasteiger partial charge in [-0.1, -0.05) is 20.8 Å². The zero-order valence-corrected chi connectivity index (χ0v) is 14.0. The monoisotopic (exact) mass is 308 g/mol. The molecule has 1 rings (SSSR count). The third kappa shape index (κ3) is 5.54. The van der Waals surface area contributed by atoms with E-state index in [1.54, 1.807) is 11.0 Å². The van der Waals surface area contributed by atoms with E-state index in [1.807, 2.05) is 11.8 Å². The van der Waals surface area contributed by atoms with Crippen molar-refractivity contribution in [3.05, 3.63) is 24.2 Å². The van der Waals surface area contributed by atoms with Gasteiger partial charge in [0, 0.05) is 32.6 Å². The second-order valence-corrected chi connectivity index (χ2v) is 5.44. The van der Waals surface area contributed by atoms with Crippen LogP contribution in [-0.4, -0.2) is 47.8 Å². The summed E-state index contributed by atoms with van der Waals surface area (Å²) < 4.78 is 4.97. The maximum absolute atomic E-state index is 12.4. The molecular formula is C17H28N2O3. The van der Waals surface area contributed by atoms with Gasteiger partial charge < -0.3 is 14.2 Å². The Balaban J connectivity index is 2.59. The number of hydrogen-bond acceptors (Lipinski definition) is 3. The minimum absolute atomic E-state index is 0.0686. The summed E-state index contributed by atoms with van der Waals surface area (Å²) in [4.78, 5) is 28.3. The van der Waals surface area contributed by atoms with Crippen LogP contribution in [0.3, 0.4) is 0 Å². The smallest absolute Gasteiger partial charge is 0.257 e. The molecule has 0 atom stereocenters. The fraction of sp³-hybridized carbons (Fsp3) is 0.647. The van der Waals surface area contributed by atoms with Crippen LogP contribution in [0.4, 0.5) is 0 Å². The Morgan fingerprint density at radius 1 is 0.955 bits per heavy atom. The molecule has 0 unspecified atom stereocenters. The highest BCUT2D eigenvalue weighted by Crippen LogP contribution is 2.08. The van der Waals surface area contributed by atoms with Gasteiger partial charge in [0.05, 0.1) is 11.8 Å². The molecular weight excluding hydrogens is 280 g/mol. The third-order valence-corrected chi connectivity index (χ3v) is 3.48. The first-order valence-electron chi connectivity index (χ1n) is 8.23. The van der Waals surface area contributed by atoms with Gasteiger partial charge in [0.2, 0.25) is 5.91 Å². The number of carbonyl (C=O) groups excluding carboxylic acids is 2. The van der Waals surface area contributed by atoms with Crippen molar-refractivity contribution in [2.24, 2.45) is 0 Å². The predicted molar refractivity (Wildman–Crippen MR) is 86.7 cm³/mol. The average Bonchev–Trinajstić information content (AvgIpc) is 3.04. The number of carbonyl (C=O) groups is 2. The molecule has 0 N–H and O–H groups in total. The van der Waals surface area contributed by atoms with E-state index in [1.165, 1.54) is 12.5 Å². The fourth-order valence-electron chi connectivity index (χ4n) is 2.44. The van der Waals surface area contributed by atoms with Crippen LogP contribution in [0.1, 0.15) is 56.8 Å². The summed E-state index contributed by atoms with van der Waals surface area (Å²) in [5, 5.41) is 0. The van der Waals surface area contributed by atoms with E-state index in [-0.39, 0.29) is 11.8 Å². The maximum Gasteiger partial charge on any atom is 0.257 e. The minimum atomic E-state index is -0.0686. The summed E-state index contributed by atoms with van der Waals surface area (Å²) in [6.07, 6.45) is 6.10. The largest absolute Gasteiger partial charge is 0.472 e. The quantitative estimate of drug-likeness (QED) is 0.667. The van der Waals surface area contributed by atoms with Gasteiger partial charge in [0.1, 0.15) is 6.26 Å². The number of rotatable bonds is 10. The molecule has 2 amide bonds. The molecule has 124 valence electrons. The van der Waals surface area contributed by atoms with Crippen molar-refractivity contribution in [1.82, 2.24) is 9.80 Å². The summed E-state index contributed by atoms with van der Waals surface area (Å²) in [6, 6.07) is 1.66. The predicted octanol–water partition coefficient (Wildman–Crippen LogP) is 3.17. The zero-order chi connectivity index (χ0) is 16.4. The van der Waals surface area contributed by atoms with E-state index in [0.29, 0.717) is 25.1 Å². The number of hydrogen-bond donors (Lipinski definition) is 0. The van der Waals surface area contributed by atoms with E-state index in [9.17, 15) is 9.59 Å². The Morgan fingerprint density at radius 2 is 1.55 bits per heavy atom. The lowest BCUT2D eigenvalue weighted by atomic mass is 10.2. The van der Waals surface area contributed by atoms with Crippen molar-refractivity contribution in [2.45, 2.75) is 46.5 Å². The van der Waals surface area contributed by atoms with Crippen molar-refractivity contribution in [1.29, 1.82) is 0 Å². The Bertz CT molecular complexity index is 437. The Labute approximate surface area is 133 Å². The average molecular weight is 308 g/mol. The summed E-state index contributed by atoms with van der Waals surface area (Å²) in [5.74, 6) is 0.0609. The first-order chi connectivity index (χ1) is 10.6. The molecule has 0 saturated carbocycles. The van der Waals surface area contributed by atoms with Gasteiger partial charge in [-0.25, -0.2) is 0 Å². The van der Waals surface area contributed by atoms with Crippen LogP contribution < -0.4 is 0 Å². The van der Waals surface area contributed by atoms with Crippen molar-refractivity contribution >= 4 is 11.8 Å².